The summed E-state index contributed by atoms with van der Waals surface area (Å²) in [5, 5.41) is 4.12. The quantitative estimate of drug-likeness (QED) is 0.420. The largest absolute Gasteiger partial charge is 0.431 e. The molecule has 0 bridgehead atoms. The first kappa shape index (κ1) is 17.6. The van der Waals surface area contributed by atoms with E-state index in [4.69, 9.17) is 16.0 Å². The molecule has 4 aromatic rings. The summed E-state index contributed by atoms with van der Waals surface area (Å²) in [6.07, 6.45) is 0. The van der Waals surface area contributed by atoms with E-state index < -0.39 is 0 Å². The number of hydrogen-bond acceptors (Lipinski definition) is 4. The van der Waals surface area contributed by atoms with Gasteiger partial charge in [-0.3, -0.25) is 4.79 Å². The van der Waals surface area contributed by atoms with Gasteiger partial charge < -0.3 is 9.73 Å². The Bertz CT molecular complexity index is 1040. The predicted molar refractivity (Wildman–Crippen MR) is 109 cm³/mol. The maximum absolute atomic E-state index is 12.3. The number of nitrogens with one attached hydrogen (secondary N) is 1. The minimum absolute atomic E-state index is 0.157. The zero-order valence-electron chi connectivity index (χ0n) is 14.2. The number of halogens is 1. The lowest BCUT2D eigenvalue weighted by molar-refractivity contribution is 0.102. The molecule has 4 nitrogen and oxygen atoms in total. The molecule has 0 spiro atoms. The van der Waals surface area contributed by atoms with E-state index >= 15 is 0 Å². The Balaban J connectivity index is 1.38. The van der Waals surface area contributed by atoms with E-state index in [1.807, 2.05) is 48.5 Å². The van der Waals surface area contributed by atoms with Crippen molar-refractivity contribution in [3.05, 3.63) is 88.9 Å². The molecule has 1 N–H and O–H groups in total. The van der Waals surface area contributed by atoms with Gasteiger partial charge in [-0.05, 0) is 54.1 Å². The SMILES string of the molecule is O=C(Nc1ccc(Cl)cc1)c1ccc(CSc2nc3ccccc3o2)cc1. The maximum atomic E-state index is 12.3. The molecule has 0 saturated heterocycles. The Labute approximate surface area is 165 Å². The second-order valence-electron chi connectivity index (χ2n) is 5.89. The average molecular weight is 395 g/mol. The van der Waals surface area contributed by atoms with E-state index in [1.165, 1.54) is 11.8 Å². The van der Waals surface area contributed by atoms with Gasteiger partial charge in [0.05, 0.1) is 0 Å². The maximum Gasteiger partial charge on any atom is 0.257 e. The lowest BCUT2D eigenvalue weighted by atomic mass is 10.1. The minimum Gasteiger partial charge on any atom is -0.431 e. The van der Waals surface area contributed by atoms with Crippen LogP contribution in [-0.2, 0) is 5.75 Å². The van der Waals surface area contributed by atoms with Crippen LogP contribution in [0.2, 0.25) is 5.02 Å². The molecule has 1 heterocycles. The normalized spacial score (nSPS) is 10.9. The number of oxazole rings is 1. The van der Waals surface area contributed by atoms with E-state index in [0.717, 1.165) is 16.7 Å². The van der Waals surface area contributed by atoms with Crippen molar-refractivity contribution in [3.63, 3.8) is 0 Å². The van der Waals surface area contributed by atoms with Crippen molar-refractivity contribution in [2.75, 3.05) is 5.32 Å². The summed E-state index contributed by atoms with van der Waals surface area (Å²) in [5.74, 6) is 0.557. The van der Waals surface area contributed by atoms with Crippen molar-refractivity contribution in [3.8, 4) is 0 Å². The topological polar surface area (TPSA) is 55.1 Å². The van der Waals surface area contributed by atoms with Crippen molar-refractivity contribution in [1.29, 1.82) is 0 Å². The van der Waals surface area contributed by atoms with Gasteiger partial charge in [-0.2, -0.15) is 0 Å². The first-order chi connectivity index (χ1) is 13.2. The van der Waals surface area contributed by atoms with E-state index in [2.05, 4.69) is 10.3 Å². The Morgan fingerprint density at radius 2 is 1.74 bits per heavy atom. The molecule has 0 radical (unpaired) electrons. The highest BCUT2D eigenvalue weighted by molar-refractivity contribution is 7.98. The molecule has 6 heteroatoms. The standard InChI is InChI=1S/C21H15ClN2O2S/c22-16-9-11-17(12-10-16)23-20(25)15-7-5-14(6-8-15)13-27-21-24-18-3-1-2-4-19(18)26-21/h1-12H,13H2,(H,23,25). The van der Waals surface area contributed by atoms with Crippen LogP contribution in [0.15, 0.2) is 82.4 Å². The van der Waals surface area contributed by atoms with Crippen molar-refractivity contribution >= 4 is 46.1 Å². The lowest BCUT2D eigenvalue weighted by Crippen LogP contribution is -2.11. The first-order valence-corrected chi connectivity index (χ1v) is 9.68. The Morgan fingerprint density at radius 3 is 2.48 bits per heavy atom. The number of amides is 1. The van der Waals surface area contributed by atoms with Crippen LogP contribution in [0.4, 0.5) is 5.69 Å². The molecule has 0 aliphatic carbocycles. The summed E-state index contributed by atoms with van der Waals surface area (Å²) in [5.41, 5.74) is 4.04. The highest BCUT2D eigenvalue weighted by Crippen LogP contribution is 2.26. The van der Waals surface area contributed by atoms with Crippen LogP contribution in [0.25, 0.3) is 11.1 Å². The molecule has 1 aromatic heterocycles. The number of benzene rings is 3. The summed E-state index contributed by atoms with van der Waals surface area (Å²) in [6, 6.07) is 22.2. The molecule has 0 atom stereocenters. The van der Waals surface area contributed by atoms with Gasteiger partial charge in [-0.1, -0.05) is 47.6 Å². The highest BCUT2D eigenvalue weighted by atomic mass is 35.5. The number of carbonyl (C=O) groups excluding carboxylic acids is 1. The van der Waals surface area contributed by atoms with Crippen LogP contribution in [0.3, 0.4) is 0 Å². The number of carbonyl (C=O) groups is 1. The van der Waals surface area contributed by atoms with E-state index in [0.29, 0.717) is 27.2 Å². The summed E-state index contributed by atoms with van der Waals surface area (Å²) in [4.78, 5) is 16.8. The van der Waals surface area contributed by atoms with Crippen LogP contribution in [-0.4, -0.2) is 10.9 Å². The second kappa shape index (κ2) is 7.86. The van der Waals surface area contributed by atoms with Gasteiger partial charge in [0.1, 0.15) is 5.52 Å². The fourth-order valence-electron chi connectivity index (χ4n) is 2.55. The zero-order valence-corrected chi connectivity index (χ0v) is 15.8. The van der Waals surface area contributed by atoms with Gasteiger partial charge in [0, 0.05) is 22.0 Å². The molecule has 0 aliphatic rings. The van der Waals surface area contributed by atoms with Gasteiger partial charge in [0.15, 0.2) is 5.58 Å². The molecule has 0 aliphatic heterocycles. The fourth-order valence-corrected chi connectivity index (χ4v) is 3.47. The molecular formula is C21H15ClN2O2S. The molecule has 1 amide bonds. The van der Waals surface area contributed by atoms with E-state index in [1.54, 1.807) is 24.3 Å². The monoisotopic (exact) mass is 394 g/mol. The molecule has 3 aromatic carbocycles. The van der Waals surface area contributed by atoms with Gasteiger partial charge in [0.2, 0.25) is 0 Å². The predicted octanol–water partition coefficient (Wildman–Crippen LogP) is 6.03. The van der Waals surface area contributed by atoms with Gasteiger partial charge in [0.25, 0.3) is 11.1 Å². The number of anilines is 1. The average Bonchev–Trinajstić information content (AvgIpc) is 3.11. The van der Waals surface area contributed by atoms with Crippen LogP contribution in [0.1, 0.15) is 15.9 Å². The lowest BCUT2D eigenvalue weighted by Gasteiger charge is -2.06. The van der Waals surface area contributed by atoms with Crippen molar-refractivity contribution in [2.24, 2.45) is 0 Å². The summed E-state index contributed by atoms with van der Waals surface area (Å²) in [7, 11) is 0. The first-order valence-electron chi connectivity index (χ1n) is 8.32. The summed E-state index contributed by atoms with van der Waals surface area (Å²) < 4.78 is 5.70. The third kappa shape index (κ3) is 4.32. The molecule has 0 unspecified atom stereocenters. The summed E-state index contributed by atoms with van der Waals surface area (Å²) >= 11 is 7.38. The van der Waals surface area contributed by atoms with Crippen molar-refractivity contribution in [1.82, 2.24) is 4.98 Å². The highest BCUT2D eigenvalue weighted by Gasteiger charge is 2.08. The number of aromatic nitrogens is 1. The summed E-state index contributed by atoms with van der Waals surface area (Å²) in [6.45, 7) is 0. The minimum atomic E-state index is -0.157. The number of hydrogen-bond donors (Lipinski definition) is 1. The molecular weight excluding hydrogens is 380 g/mol. The van der Waals surface area contributed by atoms with Gasteiger partial charge in [-0.25, -0.2) is 4.98 Å². The number of thioether (sulfide) groups is 1. The van der Waals surface area contributed by atoms with Gasteiger partial charge in [-0.15, -0.1) is 0 Å². The number of rotatable bonds is 5. The third-order valence-electron chi connectivity index (χ3n) is 3.95. The smallest absolute Gasteiger partial charge is 0.257 e. The van der Waals surface area contributed by atoms with Crippen LogP contribution in [0.5, 0.6) is 0 Å². The third-order valence-corrected chi connectivity index (χ3v) is 5.11. The van der Waals surface area contributed by atoms with Gasteiger partial charge >= 0.3 is 0 Å². The number of nitrogens with zero attached hydrogens (tertiary/aromatic N) is 1. The van der Waals surface area contributed by atoms with Crippen LogP contribution in [0, 0.1) is 0 Å². The molecule has 27 heavy (non-hydrogen) atoms. The number of para-hydroxylation sites is 2. The van der Waals surface area contributed by atoms with Crippen LogP contribution < -0.4 is 5.32 Å². The Morgan fingerprint density at radius 1 is 1.00 bits per heavy atom. The molecule has 134 valence electrons. The fraction of sp³-hybridized carbons (Fsp3) is 0.0476. The van der Waals surface area contributed by atoms with E-state index in [9.17, 15) is 4.79 Å². The van der Waals surface area contributed by atoms with Crippen molar-refractivity contribution < 1.29 is 9.21 Å². The Kier molecular flexibility index (Phi) is 5.14. The molecule has 4 rings (SSSR count). The van der Waals surface area contributed by atoms with Crippen LogP contribution >= 0.6 is 23.4 Å². The van der Waals surface area contributed by atoms with Crippen molar-refractivity contribution in [2.45, 2.75) is 11.0 Å². The zero-order chi connectivity index (χ0) is 18.6. The molecule has 0 saturated carbocycles. The Hall–Kier alpha value is -2.76. The van der Waals surface area contributed by atoms with E-state index in [-0.39, 0.29) is 5.91 Å². The second-order valence-corrected chi connectivity index (χ2v) is 7.26. The number of fused-ring (bicyclic) bond motifs is 1. The molecule has 0 fully saturated rings.